The van der Waals surface area contributed by atoms with E-state index in [4.69, 9.17) is 9.94 Å². The van der Waals surface area contributed by atoms with Crippen LogP contribution in [-0.2, 0) is 0 Å². The van der Waals surface area contributed by atoms with Crippen LogP contribution in [-0.4, -0.2) is 17.3 Å². The highest BCUT2D eigenvalue weighted by atomic mass is 16.6. The van der Waals surface area contributed by atoms with Crippen molar-refractivity contribution in [3.05, 3.63) is 65.7 Å². The number of carboxylic acids is 1. The monoisotopic (exact) mass is 241 g/mol. The van der Waals surface area contributed by atoms with Gasteiger partial charge in [-0.3, -0.25) is 0 Å². The van der Waals surface area contributed by atoms with Gasteiger partial charge in [-0.1, -0.05) is 47.6 Å². The third-order valence-electron chi connectivity index (χ3n) is 2.27. The van der Waals surface area contributed by atoms with Crippen LogP contribution in [0.2, 0.25) is 0 Å². The van der Waals surface area contributed by atoms with Crippen LogP contribution >= 0.6 is 0 Å². The van der Waals surface area contributed by atoms with Gasteiger partial charge in [0.25, 0.3) is 0 Å². The Hall–Kier alpha value is -2.62. The summed E-state index contributed by atoms with van der Waals surface area (Å²) < 4.78 is 0. The number of para-hydroxylation sites is 1. The summed E-state index contributed by atoms with van der Waals surface area (Å²) in [6.07, 6.45) is 1.53. The van der Waals surface area contributed by atoms with E-state index in [2.05, 4.69) is 5.16 Å². The Morgan fingerprint density at radius 1 is 1.06 bits per heavy atom. The zero-order chi connectivity index (χ0) is 12.8. The molecule has 2 aromatic carbocycles. The summed E-state index contributed by atoms with van der Waals surface area (Å²) in [7, 11) is 0. The molecule has 0 saturated heterocycles. The van der Waals surface area contributed by atoms with Crippen molar-refractivity contribution in [3.63, 3.8) is 0 Å². The van der Waals surface area contributed by atoms with Crippen LogP contribution in [0.5, 0.6) is 5.75 Å². The van der Waals surface area contributed by atoms with Crippen LogP contribution in [0.1, 0.15) is 15.9 Å². The first kappa shape index (κ1) is 11.9. The van der Waals surface area contributed by atoms with Crippen molar-refractivity contribution in [3.8, 4) is 5.75 Å². The van der Waals surface area contributed by atoms with Gasteiger partial charge in [0.2, 0.25) is 0 Å². The van der Waals surface area contributed by atoms with Crippen molar-refractivity contribution >= 4 is 12.2 Å². The summed E-state index contributed by atoms with van der Waals surface area (Å²) in [5.41, 5.74) is 0.966. The summed E-state index contributed by atoms with van der Waals surface area (Å²) in [5, 5.41) is 12.7. The summed E-state index contributed by atoms with van der Waals surface area (Å²) in [6.45, 7) is 0. The van der Waals surface area contributed by atoms with E-state index in [1.807, 2.05) is 30.3 Å². The summed E-state index contributed by atoms with van der Waals surface area (Å²) in [6, 6.07) is 15.8. The number of hydrogen-bond donors (Lipinski definition) is 1. The fraction of sp³-hybridized carbons (Fsp3) is 0. The largest absolute Gasteiger partial charge is 0.478 e. The van der Waals surface area contributed by atoms with Gasteiger partial charge < -0.3 is 9.94 Å². The van der Waals surface area contributed by atoms with Gasteiger partial charge in [0, 0.05) is 0 Å². The lowest BCUT2D eigenvalue weighted by Gasteiger charge is -2.01. The fourth-order valence-electron chi connectivity index (χ4n) is 1.41. The molecule has 0 bridgehead atoms. The minimum Gasteiger partial charge on any atom is -0.478 e. The van der Waals surface area contributed by atoms with Gasteiger partial charge in [-0.05, 0) is 17.7 Å². The average molecular weight is 241 g/mol. The lowest BCUT2D eigenvalue weighted by Crippen LogP contribution is -1.99. The van der Waals surface area contributed by atoms with Crippen molar-refractivity contribution < 1.29 is 14.7 Å². The quantitative estimate of drug-likeness (QED) is 0.661. The van der Waals surface area contributed by atoms with E-state index in [-0.39, 0.29) is 11.3 Å². The highest BCUT2D eigenvalue weighted by molar-refractivity contribution is 5.90. The first-order valence-corrected chi connectivity index (χ1v) is 5.35. The van der Waals surface area contributed by atoms with Crippen molar-refractivity contribution in [1.29, 1.82) is 0 Å². The van der Waals surface area contributed by atoms with E-state index in [0.29, 0.717) is 0 Å². The highest BCUT2D eigenvalue weighted by Crippen LogP contribution is 2.17. The van der Waals surface area contributed by atoms with Gasteiger partial charge in [-0.2, -0.15) is 0 Å². The van der Waals surface area contributed by atoms with Crippen molar-refractivity contribution in [2.24, 2.45) is 5.16 Å². The molecule has 0 radical (unpaired) electrons. The maximum atomic E-state index is 10.9. The summed E-state index contributed by atoms with van der Waals surface area (Å²) >= 11 is 0. The fourth-order valence-corrected chi connectivity index (χ4v) is 1.41. The van der Waals surface area contributed by atoms with Gasteiger partial charge in [0.05, 0.1) is 6.21 Å². The van der Waals surface area contributed by atoms with Crippen LogP contribution in [0, 0.1) is 0 Å². The first-order valence-electron chi connectivity index (χ1n) is 5.35. The van der Waals surface area contributed by atoms with Gasteiger partial charge in [-0.15, -0.1) is 0 Å². The molecule has 0 saturated carbocycles. The second-order valence-electron chi connectivity index (χ2n) is 3.54. The minimum absolute atomic E-state index is 0.0858. The van der Waals surface area contributed by atoms with Crippen LogP contribution < -0.4 is 4.84 Å². The Labute approximate surface area is 104 Å². The Balaban J connectivity index is 2.11. The predicted octanol–water partition coefficient (Wildman–Crippen LogP) is 2.80. The number of carbonyl (C=O) groups is 1. The molecule has 18 heavy (non-hydrogen) atoms. The van der Waals surface area contributed by atoms with Crippen molar-refractivity contribution in [2.75, 3.05) is 0 Å². The maximum Gasteiger partial charge on any atom is 0.339 e. The number of hydrogen-bond acceptors (Lipinski definition) is 3. The molecule has 4 nitrogen and oxygen atoms in total. The van der Waals surface area contributed by atoms with Crippen molar-refractivity contribution in [2.45, 2.75) is 0 Å². The number of oxime groups is 1. The zero-order valence-electron chi connectivity index (χ0n) is 9.48. The zero-order valence-corrected chi connectivity index (χ0v) is 9.48. The SMILES string of the molecule is O=C(O)c1ccccc1O/N=C/c1ccccc1. The number of rotatable bonds is 4. The van der Waals surface area contributed by atoms with E-state index < -0.39 is 5.97 Å². The first-order chi connectivity index (χ1) is 8.77. The molecule has 90 valence electrons. The Morgan fingerprint density at radius 3 is 2.44 bits per heavy atom. The van der Waals surface area contributed by atoms with Crippen LogP contribution in [0.25, 0.3) is 0 Å². The minimum atomic E-state index is -1.04. The molecule has 0 amide bonds. The molecule has 2 aromatic rings. The highest BCUT2D eigenvalue weighted by Gasteiger charge is 2.09. The average Bonchev–Trinajstić information content (AvgIpc) is 2.40. The van der Waals surface area contributed by atoms with E-state index in [1.54, 1.807) is 18.2 Å². The summed E-state index contributed by atoms with van der Waals surface area (Å²) in [4.78, 5) is 16.0. The Kier molecular flexibility index (Phi) is 3.71. The topological polar surface area (TPSA) is 58.9 Å². The second kappa shape index (κ2) is 5.63. The van der Waals surface area contributed by atoms with Gasteiger partial charge in [0.1, 0.15) is 5.56 Å². The molecular weight excluding hydrogens is 230 g/mol. The normalized spacial score (nSPS) is 10.4. The molecule has 0 unspecified atom stereocenters. The molecule has 0 fully saturated rings. The van der Waals surface area contributed by atoms with E-state index >= 15 is 0 Å². The Bertz CT molecular complexity index is 564. The van der Waals surface area contributed by atoms with Gasteiger partial charge >= 0.3 is 5.97 Å². The lowest BCUT2D eigenvalue weighted by molar-refractivity contribution is 0.0692. The third-order valence-corrected chi connectivity index (χ3v) is 2.27. The molecule has 0 atom stereocenters. The molecule has 4 heteroatoms. The molecule has 0 spiro atoms. The van der Waals surface area contributed by atoms with E-state index in [0.717, 1.165) is 5.56 Å². The molecule has 0 aromatic heterocycles. The number of aromatic carboxylic acids is 1. The number of benzene rings is 2. The molecule has 0 aliphatic carbocycles. The predicted molar refractivity (Wildman–Crippen MR) is 68.1 cm³/mol. The van der Waals surface area contributed by atoms with Crippen LogP contribution in [0.15, 0.2) is 59.8 Å². The molecular formula is C14H11NO3. The Morgan fingerprint density at radius 2 is 1.72 bits per heavy atom. The molecule has 0 aliphatic rings. The molecule has 2 rings (SSSR count). The van der Waals surface area contributed by atoms with Gasteiger partial charge in [0.15, 0.2) is 5.75 Å². The lowest BCUT2D eigenvalue weighted by atomic mass is 10.2. The molecule has 0 aliphatic heterocycles. The number of carboxylic acid groups (broad SMARTS) is 1. The van der Waals surface area contributed by atoms with Gasteiger partial charge in [-0.25, -0.2) is 4.79 Å². The van der Waals surface area contributed by atoms with Crippen LogP contribution in [0.4, 0.5) is 0 Å². The smallest absolute Gasteiger partial charge is 0.339 e. The maximum absolute atomic E-state index is 10.9. The van der Waals surface area contributed by atoms with Crippen molar-refractivity contribution in [1.82, 2.24) is 0 Å². The summed E-state index contributed by atoms with van der Waals surface area (Å²) in [5.74, 6) is -0.822. The van der Waals surface area contributed by atoms with Crippen LogP contribution in [0.3, 0.4) is 0 Å². The number of nitrogens with zero attached hydrogens (tertiary/aromatic N) is 1. The van der Waals surface area contributed by atoms with E-state index in [1.165, 1.54) is 12.3 Å². The van der Waals surface area contributed by atoms with E-state index in [9.17, 15) is 4.79 Å². The molecule has 1 N–H and O–H groups in total. The molecule has 0 heterocycles. The standard InChI is InChI=1S/C14H11NO3/c16-14(17)12-8-4-5-9-13(12)18-15-10-11-6-2-1-3-7-11/h1-10H,(H,16,17)/b15-10+. The third kappa shape index (κ3) is 2.95. The second-order valence-corrected chi connectivity index (χ2v) is 3.54.